The zero-order valence-corrected chi connectivity index (χ0v) is 9.88. The summed E-state index contributed by atoms with van der Waals surface area (Å²) in [4.78, 5) is 12.9. The molecule has 0 atom stereocenters. The van der Waals surface area contributed by atoms with E-state index in [1.54, 1.807) is 24.6 Å². The summed E-state index contributed by atoms with van der Waals surface area (Å²) >= 11 is 0. The van der Waals surface area contributed by atoms with Crippen molar-refractivity contribution in [1.29, 1.82) is 0 Å². The molecule has 86 valence electrons. The summed E-state index contributed by atoms with van der Waals surface area (Å²) in [5.74, 6) is 0.197. The van der Waals surface area contributed by atoms with E-state index >= 15 is 0 Å². The average molecular weight is 210 g/mol. The summed E-state index contributed by atoms with van der Waals surface area (Å²) in [5, 5.41) is 3.31. The molecule has 1 amide bonds. The van der Waals surface area contributed by atoms with Gasteiger partial charge in [0.05, 0.1) is 0 Å². The third-order valence-corrected chi connectivity index (χ3v) is 2.77. The van der Waals surface area contributed by atoms with Gasteiger partial charge in [-0.1, -0.05) is 11.6 Å². The van der Waals surface area contributed by atoms with Crippen molar-refractivity contribution in [2.24, 2.45) is 0 Å². The van der Waals surface area contributed by atoms with Crippen LogP contribution in [0.15, 0.2) is 11.6 Å². The van der Waals surface area contributed by atoms with Crippen LogP contribution in [0.2, 0.25) is 0 Å². The van der Waals surface area contributed by atoms with Gasteiger partial charge in [0.2, 0.25) is 5.91 Å². The van der Waals surface area contributed by atoms with E-state index in [-0.39, 0.29) is 5.91 Å². The average Bonchev–Trinajstić information content (AvgIpc) is 2.69. The van der Waals surface area contributed by atoms with Crippen molar-refractivity contribution >= 4 is 5.91 Å². The van der Waals surface area contributed by atoms with Gasteiger partial charge >= 0.3 is 0 Å². The van der Waals surface area contributed by atoms with E-state index in [4.69, 9.17) is 0 Å². The molecule has 0 aromatic heterocycles. The third-order valence-electron chi connectivity index (χ3n) is 2.77. The molecule has 1 aliphatic rings. The first-order valence-electron chi connectivity index (χ1n) is 5.79. The van der Waals surface area contributed by atoms with Crippen LogP contribution in [0.5, 0.6) is 0 Å². The summed E-state index contributed by atoms with van der Waals surface area (Å²) < 4.78 is 0. The summed E-state index contributed by atoms with van der Waals surface area (Å²) in [6.45, 7) is 1.80. The van der Waals surface area contributed by atoms with Crippen molar-refractivity contribution in [3.8, 4) is 0 Å². The Labute approximate surface area is 92.5 Å². The van der Waals surface area contributed by atoms with Gasteiger partial charge < -0.3 is 10.2 Å². The lowest BCUT2D eigenvalue weighted by molar-refractivity contribution is -0.128. The number of rotatable bonds is 6. The number of hydrogen-bond donors (Lipinski definition) is 1. The van der Waals surface area contributed by atoms with Crippen LogP contribution in [0.3, 0.4) is 0 Å². The standard InChI is InChI=1S/C12H22N2O/c1-14(2)12(15)8-10-13-9-7-11-5-3-4-6-11/h5,13H,3-4,6-10H2,1-2H3. The summed E-state index contributed by atoms with van der Waals surface area (Å²) in [7, 11) is 3.59. The fourth-order valence-electron chi connectivity index (χ4n) is 1.76. The Bertz CT molecular complexity index is 234. The SMILES string of the molecule is CN(C)C(=O)CCNCCC1=CCCC1. The first-order chi connectivity index (χ1) is 7.20. The van der Waals surface area contributed by atoms with Crippen molar-refractivity contribution in [3.05, 3.63) is 11.6 Å². The van der Waals surface area contributed by atoms with Gasteiger partial charge in [0.25, 0.3) is 0 Å². The minimum atomic E-state index is 0.197. The molecule has 1 N–H and O–H groups in total. The number of nitrogens with one attached hydrogen (secondary N) is 1. The maximum absolute atomic E-state index is 11.2. The minimum Gasteiger partial charge on any atom is -0.349 e. The van der Waals surface area contributed by atoms with Gasteiger partial charge in [-0.25, -0.2) is 0 Å². The second kappa shape index (κ2) is 6.62. The molecule has 0 radical (unpaired) electrons. The largest absolute Gasteiger partial charge is 0.349 e. The maximum Gasteiger partial charge on any atom is 0.223 e. The van der Waals surface area contributed by atoms with E-state index in [1.807, 2.05) is 0 Å². The predicted molar refractivity (Wildman–Crippen MR) is 62.7 cm³/mol. The number of carbonyl (C=O) groups is 1. The quantitative estimate of drug-likeness (QED) is 0.533. The summed E-state index contributed by atoms with van der Waals surface area (Å²) in [6, 6.07) is 0. The molecule has 0 spiro atoms. The smallest absolute Gasteiger partial charge is 0.223 e. The molecule has 0 aromatic carbocycles. The van der Waals surface area contributed by atoms with Crippen LogP contribution in [0, 0.1) is 0 Å². The second-order valence-electron chi connectivity index (χ2n) is 4.29. The zero-order chi connectivity index (χ0) is 11.1. The molecular formula is C12H22N2O. The fourth-order valence-corrected chi connectivity index (χ4v) is 1.76. The van der Waals surface area contributed by atoms with E-state index in [0.717, 1.165) is 19.5 Å². The molecule has 0 unspecified atom stereocenters. The highest BCUT2D eigenvalue weighted by Crippen LogP contribution is 2.19. The third kappa shape index (κ3) is 4.98. The van der Waals surface area contributed by atoms with Crippen LogP contribution in [-0.4, -0.2) is 38.0 Å². The van der Waals surface area contributed by atoms with Gasteiger partial charge in [0.15, 0.2) is 0 Å². The normalized spacial score (nSPS) is 15.2. The molecule has 3 heteroatoms. The monoisotopic (exact) mass is 210 g/mol. The molecule has 0 aromatic rings. The lowest BCUT2D eigenvalue weighted by Crippen LogP contribution is -2.27. The van der Waals surface area contributed by atoms with Crippen molar-refractivity contribution in [2.75, 3.05) is 27.2 Å². The van der Waals surface area contributed by atoms with E-state index < -0.39 is 0 Å². The molecule has 0 aliphatic heterocycles. The minimum absolute atomic E-state index is 0.197. The van der Waals surface area contributed by atoms with Crippen LogP contribution in [0.25, 0.3) is 0 Å². The van der Waals surface area contributed by atoms with Gasteiger partial charge in [-0.3, -0.25) is 4.79 Å². The maximum atomic E-state index is 11.2. The summed E-state index contributed by atoms with van der Waals surface area (Å²) in [5.41, 5.74) is 1.58. The van der Waals surface area contributed by atoms with E-state index in [1.165, 1.54) is 19.3 Å². The molecule has 1 rings (SSSR count). The molecular weight excluding hydrogens is 188 g/mol. The van der Waals surface area contributed by atoms with Crippen molar-refractivity contribution in [2.45, 2.75) is 32.1 Å². The molecule has 3 nitrogen and oxygen atoms in total. The highest BCUT2D eigenvalue weighted by Gasteiger charge is 2.04. The van der Waals surface area contributed by atoms with Crippen LogP contribution in [-0.2, 0) is 4.79 Å². The van der Waals surface area contributed by atoms with Crippen LogP contribution >= 0.6 is 0 Å². The lowest BCUT2D eigenvalue weighted by Gasteiger charge is -2.10. The van der Waals surface area contributed by atoms with E-state index in [9.17, 15) is 4.79 Å². The van der Waals surface area contributed by atoms with Gasteiger partial charge in [0.1, 0.15) is 0 Å². The summed E-state index contributed by atoms with van der Waals surface area (Å²) in [6.07, 6.45) is 7.97. The number of nitrogens with zero attached hydrogens (tertiary/aromatic N) is 1. The molecule has 1 aliphatic carbocycles. The molecule has 0 saturated carbocycles. The first kappa shape index (κ1) is 12.2. The van der Waals surface area contributed by atoms with E-state index in [0.29, 0.717) is 6.42 Å². The Kier molecular flexibility index (Phi) is 5.40. The van der Waals surface area contributed by atoms with Gasteiger partial charge in [-0.05, 0) is 32.2 Å². The number of hydrogen-bond acceptors (Lipinski definition) is 2. The van der Waals surface area contributed by atoms with Crippen LogP contribution in [0.1, 0.15) is 32.1 Å². The topological polar surface area (TPSA) is 32.3 Å². The lowest BCUT2D eigenvalue weighted by atomic mass is 10.2. The predicted octanol–water partition coefficient (Wildman–Crippen LogP) is 1.55. The first-order valence-corrected chi connectivity index (χ1v) is 5.79. The van der Waals surface area contributed by atoms with Gasteiger partial charge in [0, 0.05) is 27.1 Å². The van der Waals surface area contributed by atoms with Crippen molar-refractivity contribution in [3.63, 3.8) is 0 Å². The van der Waals surface area contributed by atoms with E-state index in [2.05, 4.69) is 11.4 Å². The highest BCUT2D eigenvalue weighted by atomic mass is 16.2. The Morgan fingerprint density at radius 2 is 2.27 bits per heavy atom. The molecule has 0 heterocycles. The van der Waals surface area contributed by atoms with Crippen molar-refractivity contribution in [1.82, 2.24) is 10.2 Å². The van der Waals surface area contributed by atoms with Crippen molar-refractivity contribution < 1.29 is 4.79 Å². The number of amides is 1. The number of carbonyl (C=O) groups excluding carboxylic acids is 1. The number of allylic oxidation sites excluding steroid dienone is 1. The van der Waals surface area contributed by atoms with Gasteiger partial charge in [-0.15, -0.1) is 0 Å². The van der Waals surface area contributed by atoms with Crippen LogP contribution in [0.4, 0.5) is 0 Å². The Morgan fingerprint density at radius 3 is 2.87 bits per heavy atom. The molecule has 0 bridgehead atoms. The molecule has 15 heavy (non-hydrogen) atoms. The second-order valence-corrected chi connectivity index (χ2v) is 4.29. The van der Waals surface area contributed by atoms with Gasteiger partial charge in [-0.2, -0.15) is 0 Å². The fraction of sp³-hybridized carbons (Fsp3) is 0.750. The van der Waals surface area contributed by atoms with Crippen LogP contribution < -0.4 is 5.32 Å². The Hall–Kier alpha value is -0.830. The molecule has 0 saturated heterocycles. The Morgan fingerprint density at radius 1 is 1.47 bits per heavy atom. The Balaban J connectivity index is 1.95. The molecule has 0 fully saturated rings. The zero-order valence-electron chi connectivity index (χ0n) is 9.88. The highest BCUT2D eigenvalue weighted by molar-refractivity contribution is 5.75.